The molecule has 1 amide bonds. The number of amidine groups is 1. The maximum Gasteiger partial charge on any atom is 0.387 e. The van der Waals surface area contributed by atoms with Gasteiger partial charge in [0.25, 0.3) is 5.91 Å². The molecular weight excluding hydrogens is 460 g/mol. The maximum absolute atomic E-state index is 13.5. The minimum absolute atomic E-state index is 0.00997. The van der Waals surface area contributed by atoms with Gasteiger partial charge >= 0.3 is 6.61 Å². The van der Waals surface area contributed by atoms with Crippen LogP contribution in [-0.2, 0) is 9.53 Å². The molecule has 2 aliphatic rings. The molecule has 3 aromatic carbocycles. The zero-order valence-corrected chi connectivity index (χ0v) is 18.9. The SMILES string of the molecule is O=C1C(=Cc2ccccc2OC(F)F)SC(=Nc2cccc3ccccc23)N1N1CCOCC1. The summed E-state index contributed by atoms with van der Waals surface area (Å²) in [5, 5.41) is 6.00. The highest BCUT2D eigenvalue weighted by atomic mass is 32.2. The molecule has 0 saturated carbocycles. The number of hydrogen-bond donors (Lipinski definition) is 0. The molecule has 0 unspecified atom stereocenters. The van der Waals surface area contributed by atoms with E-state index in [1.165, 1.54) is 17.8 Å². The van der Waals surface area contributed by atoms with Crippen LogP contribution in [0.4, 0.5) is 14.5 Å². The molecular formula is C25H21F2N3O3S. The standard InChI is InChI=1S/C25H21F2N3O3S/c26-24(27)33-21-11-4-2-7-18(21)16-22-23(31)30(29-12-14-32-15-13-29)25(34-22)28-20-10-5-8-17-6-1-3-9-19(17)20/h1-11,16,24H,12-15H2. The van der Waals surface area contributed by atoms with Crippen molar-refractivity contribution < 1.29 is 23.0 Å². The molecule has 174 valence electrons. The van der Waals surface area contributed by atoms with Crippen molar-refractivity contribution in [1.82, 2.24) is 10.0 Å². The minimum Gasteiger partial charge on any atom is -0.434 e. The molecule has 0 aromatic heterocycles. The van der Waals surface area contributed by atoms with Crippen LogP contribution < -0.4 is 4.74 Å². The number of hydrazine groups is 1. The van der Waals surface area contributed by atoms with Crippen LogP contribution in [0.3, 0.4) is 0 Å². The van der Waals surface area contributed by atoms with E-state index in [0.717, 1.165) is 16.5 Å². The van der Waals surface area contributed by atoms with Gasteiger partial charge in [-0.15, -0.1) is 0 Å². The zero-order chi connectivity index (χ0) is 23.5. The summed E-state index contributed by atoms with van der Waals surface area (Å²) in [5.74, 6) is -0.256. The van der Waals surface area contributed by atoms with Gasteiger partial charge in [-0.3, -0.25) is 4.79 Å². The van der Waals surface area contributed by atoms with Gasteiger partial charge in [-0.1, -0.05) is 54.6 Å². The Kier molecular flexibility index (Phi) is 6.57. The van der Waals surface area contributed by atoms with Gasteiger partial charge < -0.3 is 9.47 Å². The van der Waals surface area contributed by atoms with Crippen molar-refractivity contribution in [2.75, 3.05) is 26.3 Å². The van der Waals surface area contributed by atoms with Gasteiger partial charge in [-0.05, 0) is 35.4 Å². The van der Waals surface area contributed by atoms with Crippen molar-refractivity contribution in [1.29, 1.82) is 0 Å². The summed E-state index contributed by atoms with van der Waals surface area (Å²) >= 11 is 1.21. The Morgan fingerprint density at radius 3 is 2.56 bits per heavy atom. The van der Waals surface area contributed by atoms with E-state index in [-0.39, 0.29) is 11.7 Å². The molecule has 2 fully saturated rings. The number of carbonyl (C=O) groups is 1. The number of aliphatic imine (C=N–C) groups is 1. The first kappa shape index (κ1) is 22.5. The number of thioether (sulfide) groups is 1. The van der Waals surface area contributed by atoms with Gasteiger partial charge in [0.2, 0.25) is 0 Å². The molecule has 6 nitrogen and oxygen atoms in total. The van der Waals surface area contributed by atoms with Crippen LogP contribution >= 0.6 is 11.8 Å². The van der Waals surface area contributed by atoms with Gasteiger partial charge in [0.15, 0.2) is 5.17 Å². The lowest BCUT2D eigenvalue weighted by Crippen LogP contribution is -2.51. The lowest BCUT2D eigenvalue weighted by molar-refractivity contribution is -0.138. The van der Waals surface area contributed by atoms with Gasteiger partial charge in [0.1, 0.15) is 5.75 Å². The summed E-state index contributed by atoms with van der Waals surface area (Å²) in [6, 6.07) is 20.2. The third-order valence-electron chi connectivity index (χ3n) is 5.46. The summed E-state index contributed by atoms with van der Waals surface area (Å²) in [7, 11) is 0. The van der Waals surface area contributed by atoms with E-state index >= 15 is 0 Å². The van der Waals surface area contributed by atoms with Gasteiger partial charge in [0, 0.05) is 24.0 Å². The average molecular weight is 482 g/mol. The molecule has 0 radical (unpaired) electrons. The lowest BCUT2D eigenvalue weighted by Gasteiger charge is -2.33. The van der Waals surface area contributed by atoms with Crippen molar-refractivity contribution in [3.05, 3.63) is 77.2 Å². The largest absolute Gasteiger partial charge is 0.434 e. The number of para-hydroxylation sites is 1. The first-order chi connectivity index (χ1) is 16.6. The van der Waals surface area contributed by atoms with Crippen molar-refractivity contribution in [2.45, 2.75) is 6.61 Å². The predicted octanol–water partition coefficient (Wildman–Crippen LogP) is 5.29. The Balaban J connectivity index is 1.56. The van der Waals surface area contributed by atoms with E-state index in [1.807, 2.05) is 47.5 Å². The summed E-state index contributed by atoms with van der Waals surface area (Å²) in [6.45, 7) is -0.877. The quantitative estimate of drug-likeness (QED) is 0.464. The van der Waals surface area contributed by atoms with Crippen LogP contribution in [0, 0.1) is 0 Å². The number of hydrogen-bond acceptors (Lipinski definition) is 6. The summed E-state index contributed by atoms with van der Waals surface area (Å²) in [6.07, 6.45) is 1.57. The third kappa shape index (κ3) is 4.68. The first-order valence-electron chi connectivity index (χ1n) is 10.8. The Hall–Kier alpha value is -3.27. The van der Waals surface area contributed by atoms with E-state index in [4.69, 9.17) is 9.73 Å². The topological polar surface area (TPSA) is 54.4 Å². The molecule has 0 N–H and O–H groups in total. The Bertz CT molecular complexity index is 1270. The highest BCUT2D eigenvalue weighted by Crippen LogP contribution is 2.38. The van der Waals surface area contributed by atoms with Crippen LogP contribution in [0.15, 0.2) is 76.6 Å². The average Bonchev–Trinajstić information content (AvgIpc) is 3.15. The predicted molar refractivity (Wildman–Crippen MR) is 129 cm³/mol. The molecule has 0 aliphatic carbocycles. The molecule has 2 aliphatic heterocycles. The lowest BCUT2D eigenvalue weighted by atomic mass is 10.1. The zero-order valence-electron chi connectivity index (χ0n) is 18.1. The number of halogens is 2. The molecule has 2 saturated heterocycles. The Morgan fingerprint density at radius 2 is 1.74 bits per heavy atom. The Morgan fingerprint density at radius 1 is 1.00 bits per heavy atom. The second-order valence-corrected chi connectivity index (χ2v) is 8.61. The number of benzene rings is 3. The molecule has 34 heavy (non-hydrogen) atoms. The first-order valence-corrected chi connectivity index (χ1v) is 11.6. The van der Waals surface area contributed by atoms with E-state index in [0.29, 0.717) is 41.9 Å². The number of carbonyl (C=O) groups excluding carboxylic acids is 1. The second kappa shape index (κ2) is 9.92. The number of alkyl halides is 2. The number of fused-ring (bicyclic) bond motifs is 1. The number of morpholine rings is 1. The number of nitrogens with zero attached hydrogens (tertiary/aromatic N) is 3. The van der Waals surface area contributed by atoms with E-state index < -0.39 is 6.61 Å². The fraction of sp³-hybridized carbons (Fsp3) is 0.200. The number of amides is 1. The van der Waals surface area contributed by atoms with Crippen molar-refractivity contribution in [3.63, 3.8) is 0 Å². The van der Waals surface area contributed by atoms with Crippen molar-refractivity contribution >= 4 is 45.4 Å². The summed E-state index contributed by atoms with van der Waals surface area (Å²) < 4.78 is 35.8. The fourth-order valence-electron chi connectivity index (χ4n) is 3.89. The molecule has 0 atom stereocenters. The number of rotatable bonds is 5. The second-order valence-electron chi connectivity index (χ2n) is 7.60. The van der Waals surface area contributed by atoms with Crippen LogP contribution in [0.1, 0.15) is 5.56 Å². The highest BCUT2D eigenvalue weighted by molar-refractivity contribution is 8.18. The van der Waals surface area contributed by atoms with Crippen molar-refractivity contribution in [2.24, 2.45) is 4.99 Å². The van der Waals surface area contributed by atoms with Gasteiger partial charge in [0.05, 0.1) is 23.8 Å². The van der Waals surface area contributed by atoms with Crippen LogP contribution in [0.2, 0.25) is 0 Å². The Labute approximate surface area is 199 Å². The van der Waals surface area contributed by atoms with Crippen molar-refractivity contribution in [3.8, 4) is 5.75 Å². The molecule has 9 heteroatoms. The third-order valence-corrected chi connectivity index (χ3v) is 6.42. The highest BCUT2D eigenvalue weighted by Gasteiger charge is 2.38. The number of ether oxygens (including phenoxy) is 2. The molecule has 0 spiro atoms. The molecule has 0 bridgehead atoms. The van der Waals surface area contributed by atoms with Gasteiger partial charge in [-0.25, -0.2) is 15.0 Å². The van der Waals surface area contributed by atoms with Crippen LogP contribution in [-0.4, -0.2) is 54.0 Å². The van der Waals surface area contributed by atoms with Crippen LogP contribution in [0.5, 0.6) is 5.75 Å². The van der Waals surface area contributed by atoms with Gasteiger partial charge in [-0.2, -0.15) is 8.78 Å². The molecule has 3 aromatic rings. The molecule has 5 rings (SSSR count). The maximum atomic E-state index is 13.5. The normalized spacial score (nSPS) is 19.6. The fourth-order valence-corrected chi connectivity index (χ4v) is 4.88. The molecule has 2 heterocycles. The van der Waals surface area contributed by atoms with E-state index in [9.17, 15) is 13.6 Å². The van der Waals surface area contributed by atoms with Crippen LogP contribution in [0.25, 0.3) is 16.8 Å². The monoisotopic (exact) mass is 481 g/mol. The summed E-state index contributed by atoms with van der Waals surface area (Å²) in [4.78, 5) is 18.7. The van der Waals surface area contributed by atoms with E-state index in [2.05, 4.69) is 4.74 Å². The van der Waals surface area contributed by atoms with E-state index in [1.54, 1.807) is 29.3 Å². The summed E-state index contributed by atoms with van der Waals surface area (Å²) in [5.41, 5.74) is 1.14. The minimum atomic E-state index is -2.96. The smallest absolute Gasteiger partial charge is 0.387 e.